The number of nitrogens with zero attached hydrogens (tertiary/aromatic N) is 3. The van der Waals surface area contributed by atoms with Gasteiger partial charge in [0, 0.05) is 44.9 Å². The van der Waals surface area contributed by atoms with Crippen LogP contribution >= 0.6 is 0 Å². The Balaban J connectivity index is 1.41. The zero-order chi connectivity index (χ0) is 21.0. The van der Waals surface area contributed by atoms with E-state index in [4.69, 9.17) is 14.5 Å². The molecule has 3 aliphatic heterocycles. The maximum absolute atomic E-state index is 6.04. The first-order chi connectivity index (χ1) is 14.6. The molecule has 30 heavy (non-hydrogen) atoms. The maximum atomic E-state index is 6.04. The van der Waals surface area contributed by atoms with E-state index in [0.29, 0.717) is 0 Å². The number of fused-ring (bicyclic) bond motifs is 1. The Morgan fingerprint density at radius 3 is 2.70 bits per heavy atom. The fourth-order valence-electron chi connectivity index (χ4n) is 4.80. The second kappa shape index (κ2) is 9.67. The standard InChI is InChI=1S/C24H38N4O2/c1-4-25-23(27-13-15-30-22(17-27)21-10-7-14-29-21)26-18-24(2,3)28-12-11-19-8-5-6-9-20(19)16-28/h5-6,8-9,21-22H,4,7,10-18H2,1-3H3,(H,25,26). The van der Waals surface area contributed by atoms with Gasteiger partial charge in [-0.15, -0.1) is 0 Å². The van der Waals surface area contributed by atoms with Crippen molar-refractivity contribution in [2.24, 2.45) is 4.99 Å². The molecule has 6 heteroatoms. The van der Waals surface area contributed by atoms with Crippen LogP contribution in [0.15, 0.2) is 29.3 Å². The lowest BCUT2D eigenvalue weighted by Gasteiger charge is -2.41. The normalized spacial score (nSPS) is 26.0. The molecular weight excluding hydrogens is 376 g/mol. The monoisotopic (exact) mass is 414 g/mol. The summed E-state index contributed by atoms with van der Waals surface area (Å²) in [6, 6.07) is 8.84. The van der Waals surface area contributed by atoms with Gasteiger partial charge in [-0.25, -0.2) is 0 Å². The van der Waals surface area contributed by atoms with Gasteiger partial charge in [0.2, 0.25) is 0 Å². The van der Waals surface area contributed by atoms with Gasteiger partial charge in [-0.2, -0.15) is 0 Å². The fraction of sp³-hybridized carbons (Fsp3) is 0.708. The van der Waals surface area contributed by atoms with Gasteiger partial charge >= 0.3 is 0 Å². The first-order valence-electron chi connectivity index (χ1n) is 11.6. The van der Waals surface area contributed by atoms with Crippen LogP contribution in [0, 0.1) is 0 Å². The van der Waals surface area contributed by atoms with E-state index in [9.17, 15) is 0 Å². The predicted molar refractivity (Wildman–Crippen MR) is 121 cm³/mol. The maximum Gasteiger partial charge on any atom is 0.194 e. The number of nitrogens with one attached hydrogen (secondary N) is 1. The number of rotatable bonds is 5. The van der Waals surface area contributed by atoms with E-state index in [2.05, 4.69) is 60.2 Å². The lowest BCUT2D eigenvalue weighted by molar-refractivity contribution is -0.0817. The van der Waals surface area contributed by atoms with Gasteiger partial charge in [0.25, 0.3) is 0 Å². The molecule has 2 fully saturated rings. The summed E-state index contributed by atoms with van der Waals surface area (Å²) < 4.78 is 11.9. The topological polar surface area (TPSA) is 49.3 Å². The smallest absolute Gasteiger partial charge is 0.194 e. The molecule has 0 saturated carbocycles. The summed E-state index contributed by atoms with van der Waals surface area (Å²) in [6.45, 7) is 13.9. The number of morpholine rings is 1. The third-order valence-corrected chi connectivity index (χ3v) is 6.71. The van der Waals surface area contributed by atoms with Crippen molar-refractivity contribution in [1.29, 1.82) is 0 Å². The SMILES string of the molecule is CCNC(=NCC(C)(C)N1CCc2ccccc2C1)N1CCOC(C2CCCO2)C1. The molecule has 0 bridgehead atoms. The van der Waals surface area contributed by atoms with Crippen molar-refractivity contribution in [3.05, 3.63) is 35.4 Å². The molecule has 2 atom stereocenters. The number of benzene rings is 1. The molecule has 1 aromatic rings. The lowest BCUT2D eigenvalue weighted by Crippen LogP contribution is -2.54. The number of guanidine groups is 1. The average Bonchev–Trinajstić information content (AvgIpc) is 3.31. The van der Waals surface area contributed by atoms with Gasteiger partial charge in [-0.1, -0.05) is 24.3 Å². The molecule has 0 radical (unpaired) electrons. The van der Waals surface area contributed by atoms with Crippen LogP contribution in [0.25, 0.3) is 0 Å². The Hall–Kier alpha value is -1.63. The lowest BCUT2D eigenvalue weighted by atomic mass is 9.94. The van der Waals surface area contributed by atoms with Crippen molar-refractivity contribution in [3.63, 3.8) is 0 Å². The second-order valence-corrected chi connectivity index (χ2v) is 9.33. The summed E-state index contributed by atoms with van der Waals surface area (Å²) in [7, 11) is 0. The summed E-state index contributed by atoms with van der Waals surface area (Å²) in [4.78, 5) is 10.0. The third-order valence-electron chi connectivity index (χ3n) is 6.71. The Morgan fingerprint density at radius 1 is 1.13 bits per heavy atom. The first kappa shape index (κ1) is 21.6. The van der Waals surface area contributed by atoms with E-state index in [1.807, 2.05) is 0 Å². The van der Waals surface area contributed by atoms with Gasteiger partial charge in [-0.3, -0.25) is 9.89 Å². The van der Waals surface area contributed by atoms with Gasteiger partial charge in [0.05, 0.1) is 19.3 Å². The van der Waals surface area contributed by atoms with Gasteiger partial charge in [-0.05, 0) is 51.2 Å². The molecule has 0 amide bonds. The predicted octanol–water partition coefficient (Wildman–Crippen LogP) is 2.67. The Morgan fingerprint density at radius 2 is 1.93 bits per heavy atom. The molecule has 2 saturated heterocycles. The van der Waals surface area contributed by atoms with Gasteiger partial charge in [0.15, 0.2) is 5.96 Å². The molecule has 2 unspecified atom stereocenters. The van der Waals surface area contributed by atoms with E-state index < -0.39 is 0 Å². The van der Waals surface area contributed by atoms with Crippen LogP contribution < -0.4 is 5.32 Å². The minimum absolute atomic E-state index is 0.00839. The molecule has 0 spiro atoms. The number of ether oxygens (including phenoxy) is 2. The fourth-order valence-corrected chi connectivity index (χ4v) is 4.80. The molecule has 1 N–H and O–H groups in total. The number of aliphatic imine (C=N–C) groups is 1. The van der Waals surface area contributed by atoms with Crippen molar-refractivity contribution in [1.82, 2.24) is 15.1 Å². The van der Waals surface area contributed by atoms with Crippen LogP contribution in [0.2, 0.25) is 0 Å². The zero-order valence-electron chi connectivity index (χ0n) is 18.9. The molecule has 6 nitrogen and oxygen atoms in total. The highest BCUT2D eigenvalue weighted by Crippen LogP contribution is 2.26. The molecule has 0 aliphatic carbocycles. The summed E-state index contributed by atoms with van der Waals surface area (Å²) >= 11 is 0. The minimum atomic E-state index is 0.00839. The van der Waals surface area contributed by atoms with Crippen LogP contribution in [0.3, 0.4) is 0 Å². The highest BCUT2D eigenvalue weighted by molar-refractivity contribution is 5.80. The van der Waals surface area contributed by atoms with E-state index in [1.54, 1.807) is 0 Å². The average molecular weight is 415 g/mol. The molecule has 3 aliphatic rings. The third kappa shape index (κ3) is 4.98. The first-order valence-corrected chi connectivity index (χ1v) is 11.6. The van der Waals surface area contributed by atoms with Crippen LogP contribution in [0.4, 0.5) is 0 Å². The summed E-state index contributed by atoms with van der Waals surface area (Å²) in [6.07, 6.45) is 3.76. The number of hydrogen-bond acceptors (Lipinski definition) is 4. The van der Waals surface area contributed by atoms with Crippen molar-refractivity contribution in [3.8, 4) is 0 Å². The summed E-state index contributed by atoms with van der Waals surface area (Å²) in [5.41, 5.74) is 2.96. The molecule has 4 rings (SSSR count). The van der Waals surface area contributed by atoms with Crippen LogP contribution in [-0.2, 0) is 22.4 Å². The molecule has 166 valence electrons. The van der Waals surface area contributed by atoms with Crippen molar-refractivity contribution >= 4 is 5.96 Å². The Bertz CT molecular complexity index is 730. The van der Waals surface area contributed by atoms with Crippen molar-refractivity contribution < 1.29 is 9.47 Å². The zero-order valence-corrected chi connectivity index (χ0v) is 18.9. The molecular formula is C24H38N4O2. The number of hydrogen-bond donors (Lipinski definition) is 1. The van der Waals surface area contributed by atoms with E-state index in [1.165, 1.54) is 11.1 Å². The van der Waals surface area contributed by atoms with Crippen LogP contribution in [-0.4, -0.2) is 79.4 Å². The highest BCUT2D eigenvalue weighted by Gasteiger charge is 2.33. The van der Waals surface area contributed by atoms with Gasteiger partial charge < -0.3 is 19.7 Å². The summed E-state index contributed by atoms with van der Waals surface area (Å²) in [5, 5.41) is 3.52. The quantitative estimate of drug-likeness (QED) is 0.593. The van der Waals surface area contributed by atoms with Crippen LogP contribution in [0.1, 0.15) is 44.7 Å². The summed E-state index contributed by atoms with van der Waals surface area (Å²) in [5.74, 6) is 1.01. The van der Waals surface area contributed by atoms with Crippen molar-refractivity contribution in [2.45, 2.75) is 64.3 Å². The van der Waals surface area contributed by atoms with E-state index >= 15 is 0 Å². The van der Waals surface area contributed by atoms with E-state index in [0.717, 1.165) is 77.7 Å². The van der Waals surface area contributed by atoms with Gasteiger partial charge in [0.1, 0.15) is 6.10 Å². The Kier molecular flexibility index (Phi) is 6.96. The second-order valence-electron chi connectivity index (χ2n) is 9.33. The van der Waals surface area contributed by atoms with Crippen molar-refractivity contribution in [2.75, 3.05) is 45.9 Å². The Labute approximate surface area is 181 Å². The largest absolute Gasteiger partial charge is 0.375 e. The molecule has 3 heterocycles. The molecule has 0 aromatic heterocycles. The van der Waals surface area contributed by atoms with E-state index in [-0.39, 0.29) is 17.7 Å². The minimum Gasteiger partial charge on any atom is -0.375 e. The molecule has 1 aromatic carbocycles. The van der Waals surface area contributed by atoms with Crippen LogP contribution in [0.5, 0.6) is 0 Å². The highest BCUT2D eigenvalue weighted by atomic mass is 16.5.